The molecule has 2 aromatic rings. The first kappa shape index (κ1) is 27.1. The van der Waals surface area contributed by atoms with E-state index >= 15 is 0 Å². The van der Waals surface area contributed by atoms with Gasteiger partial charge in [-0.05, 0) is 48.7 Å². The van der Waals surface area contributed by atoms with Crippen molar-refractivity contribution in [3.63, 3.8) is 0 Å². The summed E-state index contributed by atoms with van der Waals surface area (Å²) in [5.74, 6) is -0.672. The first-order chi connectivity index (χ1) is 16.4. The van der Waals surface area contributed by atoms with E-state index in [1.807, 2.05) is 0 Å². The fraction of sp³-hybridized carbons (Fsp3) is 0.440. The summed E-state index contributed by atoms with van der Waals surface area (Å²) in [7, 11) is 1.33. The Kier molecular flexibility index (Phi) is 11.8. The third kappa shape index (κ3) is 9.76. The Hall–Kier alpha value is -3.17. The number of methoxy groups -OCH3 is 1. The van der Waals surface area contributed by atoms with Gasteiger partial charge in [0.05, 0.1) is 20.3 Å². The highest BCUT2D eigenvalue weighted by molar-refractivity contribution is 5.72. The van der Waals surface area contributed by atoms with E-state index in [1.165, 1.54) is 24.1 Å². The van der Waals surface area contributed by atoms with E-state index in [1.54, 1.807) is 43.3 Å². The quantitative estimate of drug-likeness (QED) is 0.389. The maximum atomic E-state index is 12.9. The van der Waals surface area contributed by atoms with E-state index in [2.05, 4.69) is 0 Å². The van der Waals surface area contributed by atoms with E-state index in [4.69, 9.17) is 18.9 Å². The summed E-state index contributed by atoms with van der Waals surface area (Å²) >= 11 is 0. The number of carboxylic acids is 1. The number of hydrogen-bond donors (Lipinski definition) is 1. The molecule has 0 fully saturated rings. The zero-order valence-electron chi connectivity index (χ0n) is 19.6. The van der Waals surface area contributed by atoms with E-state index in [0.29, 0.717) is 45.1 Å². The van der Waals surface area contributed by atoms with Gasteiger partial charge in [-0.2, -0.15) is 0 Å². The molecular weight excluding hydrogens is 445 g/mol. The predicted molar refractivity (Wildman–Crippen MR) is 123 cm³/mol. The summed E-state index contributed by atoms with van der Waals surface area (Å²) in [6.07, 6.45) is -0.462. The molecule has 0 bridgehead atoms. The van der Waals surface area contributed by atoms with E-state index in [0.717, 1.165) is 11.1 Å². The van der Waals surface area contributed by atoms with Gasteiger partial charge in [0, 0.05) is 26.2 Å². The molecule has 8 nitrogen and oxygen atoms in total. The van der Waals surface area contributed by atoms with Crippen molar-refractivity contribution in [3.05, 3.63) is 65.5 Å². The average molecular weight is 478 g/mol. The van der Waals surface area contributed by atoms with E-state index in [-0.39, 0.29) is 18.8 Å². The minimum Gasteiger partial charge on any atom is -0.492 e. The molecule has 0 spiro atoms. The van der Waals surface area contributed by atoms with Crippen LogP contribution in [0.15, 0.2) is 48.5 Å². The van der Waals surface area contributed by atoms with Crippen molar-refractivity contribution in [1.29, 1.82) is 0 Å². The number of hydrogen-bond acceptors (Lipinski definition) is 6. The Morgan fingerprint density at radius 2 is 1.68 bits per heavy atom. The first-order valence-corrected chi connectivity index (χ1v) is 11.1. The van der Waals surface area contributed by atoms with Gasteiger partial charge in [-0.15, -0.1) is 0 Å². The highest BCUT2D eigenvalue weighted by Gasteiger charge is 2.18. The van der Waals surface area contributed by atoms with Crippen LogP contribution >= 0.6 is 0 Å². The number of benzene rings is 2. The summed E-state index contributed by atoms with van der Waals surface area (Å²) in [5, 5.41) is 9.19. The lowest BCUT2D eigenvalue weighted by Crippen LogP contribution is -2.35. The van der Waals surface area contributed by atoms with Crippen LogP contribution in [0.5, 0.6) is 5.75 Å². The van der Waals surface area contributed by atoms with Crippen LogP contribution in [0.4, 0.5) is 9.18 Å². The minimum atomic E-state index is -0.995. The van der Waals surface area contributed by atoms with Crippen molar-refractivity contribution in [2.45, 2.75) is 32.5 Å². The van der Waals surface area contributed by atoms with Crippen LogP contribution < -0.4 is 4.74 Å². The van der Waals surface area contributed by atoms with Gasteiger partial charge in [-0.1, -0.05) is 24.3 Å². The number of halogens is 1. The lowest BCUT2D eigenvalue weighted by Gasteiger charge is -2.21. The third-order valence-electron chi connectivity index (χ3n) is 4.95. The molecule has 9 heteroatoms. The number of nitrogens with zero attached hydrogens (tertiary/aromatic N) is 1. The normalized spacial score (nSPS) is 11.6. The molecule has 1 N–H and O–H groups in total. The lowest BCUT2D eigenvalue weighted by atomic mass is 10.1. The SMILES string of the molecule is CCOC(Cc1ccc(OCCN(CCCOCc2ccc(F)cc2)C(=O)OC)cc1)C(=O)O. The molecule has 0 saturated carbocycles. The maximum Gasteiger partial charge on any atom is 0.409 e. The van der Waals surface area contributed by atoms with E-state index < -0.39 is 18.2 Å². The molecule has 0 aromatic heterocycles. The number of carboxylic acid groups (broad SMARTS) is 1. The van der Waals surface area contributed by atoms with Crippen LogP contribution in [0.25, 0.3) is 0 Å². The summed E-state index contributed by atoms with van der Waals surface area (Å²) in [6.45, 7) is 3.92. The largest absolute Gasteiger partial charge is 0.492 e. The topological polar surface area (TPSA) is 94.5 Å². The maximum absolute atomic E-state index is 12.9. The van der Waals surface area contributed by atoms with Crippen LogP contribution in [0.2, 0.25) is 0 Å². The molecule has 34 heavy (non-hydrogen) atoms. The molecule has 2 rings (SSSR count). The minimum absolute atomic E-state index is 0.265. The second-order valence-electron chi connectivity index (χ2n) is 7.47. The monoisotopic (exact) mass is 477 g/mol. The van der Waals surface area contributed by atoms with Crippen molar-refractivity contribution in [3.8, 4) is 5.75 Å². The number of carbonyl (C=O) groups is 2. The van der Waals surface area contributed by atoms with Gasteiger partial charge in [0.2, 0.25) is 0 Å². The average Bonchev–Trinajstić information content (AvgIpc) is 2.84. The first-order valence-electron chi connectivity index (χ1n) is 11.1. The van der Waals surface area contributed by atoms with E-state index in [9.17, 15) is 19.1 Å². The van der Waals surface area contributed by atoms with Crippen molar-refractivity contribution in [2.75, 3.05) is 40.0 Å². The summed E-state index contributed by atoms with van der Waals surface area (Å²) in [4.78, 5) is 24.8. The molecule has 0 saturated heterocycles. The summed E-state index contributed by atoms with van der Waals surface area (Å²) < 4.78 is 34.3. The van der Waals surface area contributed by atoms with Crippen molar-refractivity contribution in [2.24, 2.45) is 0 Å². The predicted octanol–water partition coefficient (Wildman–Crippen LogP) is 3.91. The molecule has 186 valence electrons. The zero-order chi connectivity index (χ0) is 24.8. The second kappa shape index (κ2) is 14.9. The van der Waals surface area contributed by atoms with Crippen LogP contribution in [0.3, 0.4) is 0 Å². The molecule has 1 atom stereocenters. The highest BCUT2D eigenvalue weighted by atomic mass is 19.1. The van der Waals surface area contributed by atoms with Crippen molar-refractivity contribution < 1.29 is 38.0 Å². The van der Waals surface area contributed by atoms with Gasteiger partial charge in [0.25, 0.3) is 0 Å². The Morgan fingerprint density at radius 1 is 1.00 bits per heavy atom. The van der Waals surface area contributed by atoms with Gasteiger partial charge >= 0.3 is 12.1 Å². The highest BCUT2D eigenvalue weighted by Crippen LogP contribution is 2.15. The van der Waals surface area contributed by atoms with Gasteiger partial charge in [-0.25, -0.2) is 14.0 Å². The number of ether oxygens (including phenoxy) is 4. The molecule has 1 unspecified atom stereocenters. The zero-order valence-corrected chi connectivity index (χ0v) is 19.6. The van der Waals surface area contributed by atoms with Crippen LogP contribution in [0.1, 0.15) is 24.5 Å². The fourth-order valence-electron chi connectivity index (χ4n) is 3.18. The molecule has 0 aliphatic heterocycles. The summed E-state index contributed by atoms with van der Waals surface area (Å²) in [6, 6.07) is 13.2. The Bertz CT molecular complexity index is 874. The van der Waals surface area contributed by atoms with Gasteiger partial charge in [-0.3, -0.25) is 0 Å². The van der Waals surface area contributed by atoms with Crippen LogP contribution in [0, 0.1) is 5.82 Å². The van der Waals surface area contributed by atoms with Crippen LogP contribution in [-0.2, 0) is 32.0 Å². The molecule has 0 aliphatic carbocycles. The number of rotatable bonds is 15. The third-order valence-corrected chi connectivity index (χ3v) is 4.95. The molecule has 0 aliphatic rings. The molecule has 2 aromatic carbocycles. The molecule has 0 radical (unpaired) electrons. The molecule has 0 heterocycles. The fourth-order valence-corrected chi connectivity index (χ4v) is 3.18. The lowest BCUT2D eigenvalue weighted by molar-refractivity contribution is -0.149. The Balaban J connectivity index is 1.73. The standard InChI is InChI=1S/C25H32FNO7/c1-3-33-23(24(28)29)17-19-7-11-22(12-8-19)34-16-14-27(25(30)31-2)13-4-15-32-18-20-5-9-21(26)10-6-20/h5-12,23H,3-4,13-18H2,1-2H3,(H,28,29). The Labute approximate surface area is 199 Å². The number of amides is 1. The van der Waals surface area contributed by atoms with Crippen molar-refractivity contribution >= 4 is 12.1 Å². The smallest absolute Gasteiger partial charge is 0.409 e. The second-order valence-corrected chi connectivity index (χ2v) is 7.47. The van der Waals surface area contributed by atoms with Crippen molar-refractivity contribution in [1.82, 2.24) is 4.90 Å². The van der Waals surface area contributed by atoms with Gasteiger partial charge in [0.15, 0.2) is 6.10 Å². The Morgan fingerprint density at radius 3 is 2.29 bits per heavy atom. The van der Waals surface area contributed by atoms with Crippen LogP contribution in [-0.4, -0.2) is 68.2 Å². The van der Waals surface area contributed by atoms with Gasteiger partial charge in [0.1, 0.15) is 18.2 Å². The molecule has 1 amide bonds. The van der Waals surface area contributed by atoms with Gasteiger partial charge < -0.3 is 29.0 Å². The summed E-state index contributed by atoms with van der Waals surface area (Å²) in [5.41, 5.74) is 1.70. The number of carbonyl (C=O) groups excluding carboxylic acids is 1. The molecular formula is C25H32FNO7. The number of aliphatic carboxylic acids is 1.